The molecule has 0 spiro atoms. The van der Waals surface area contributed by atoms with Crippen LogP contribution in [-0.4, -0.2) is 35.0 Å². The summed E-state index contributed by atoms with van der Waals surface area (Å²) in [6.45, 7) is 8.67. The first kappa shape index (κ1) is 12.8. The molecule has 1 aliphatic heterocycles. The molecule has 3 nitrogen and oxygen atoms in total. The fourth-order valence-electron chi connectivity index (χ4n) is 1.66. The van der Waals surface area contributed by atoms with Crippen LogP contribution in [-0.2, 0) is 4.79 Å². The molecule has 1 heterocycles. The van der Waals surface area contributed by atoms with Crippen molar-refractivity contribution in [1.82, 2.24) is 10.6 Å². The molecule has 1 rings (SSSR count). The van der Waals surface area contributed by atoms with Crippen molar-refractivity contribution < 1.29 is 4.79 Å². The summed E-state index contributed by atoms with van der Waals surface area (Å²) < 4.78 is 0. The average Bonchev–Trinajstić information content (AvgIpc) is 2.45. The van der Waals surface area contributed by atoms with E-state index in [0.717, 1.165) is 11.0 Å². The summed E-state index contributed by atoms with van der Waals surface area (Å²) in [7, 11) is 0. The third-order valence-corrected chi connectivity index (χ3v) is 3.62. The number of carbonyl (C=O) groups is 1. The van der Waals surface area contributed by atoms with Gasteiger partial charge in [0, 0.05) is 22.6 Å². The van der Waals surface area contributed by atoms with E-state index in [-0.39, 0.29) is 11.4 Å². The summed E-state index contributed by atoms with van der Waals surface area (Å²) >= 11 is 1.98. The highest BCUT2D eigenvalue weighted by molar-refractivity contribution is 8.00. The van der Waals surface area contributed by atoms with Gasteiger partial charge in [-0.1, -0.05) is 6.92 Å². The molecule has 2 N–H and O–H groups in total. The molecule has 0 aliphatic carbocycles. The lowest BCUT2D eigenvalue weighted by molar-refractivity contribution is -0.121. The van der Waals surface area contributed by atoms with Crippen molar-refractivity contribution in [3.05, 3.63) is 0 Å². The molecule has 0 bridgehead atoms. The Kier molecular flexibility index (Phi) is 4.46. The van der Waals surface area contributed by atoms with E-state index in [4.69, 9.17) is 0 Å². The molecule has 0 aromatic rings. The SMILES string of the molecule is CC1CC(NCC(=O)NC(C)(C)C)CS1. The Bertz CT molecular complexity index is 225. The molecule has 2 unspecified atom stereocenters. The number of hydrogen-bond donors (Lipinski definition) is 2. The Hall–Kier alpha value is -0.220. The number of nitrogens with one attached hydrogen (secondary N) is 2. The highest BCUT2D eigenvalue weighted by atomic mass is 32.2. The van der Waals surface area contributed by atoms with E-state index in [2.05, 4.69) is 17.6 Å². The summed E-state index contributed by atoms with van der Waals surface area (Å²) in [5.74, 6) is 1.22. The summed E-state index contributed by atoms with van der Waals surface area (Å²) in [6, 6.07) is 0.510. The third-order valence-electron chi connectivity index (χ3n) is 2.26. The Morgan fingerprint density at radius 2 is 2.13 bits per heavy atom. The fraction of sp³-hybridized carbons (Fsp3) is 0.909. The van der Waals surface area contributed by atoms with Gasteiger partial charge >= 0.3 is 0 Å². The lowest BCUT2D eigenvalue weighted by Crippen LogP contribution is -2.46. The minimum atomic E-state index is -0.128. The molecule has 4 heteroatoms. The lowest BCUT2D eigenvalue weighted by Gasteiger charge is -2.21. The van der Waals surface area contributed by atoms with Crippen LogP contribution in [0, 0.1) is 0 Å². The van der Waals surface area contributed by atoms with Gasteiger partial charge in [-0.2, -0.15) is 11.8 Å². The van der Waals surface area contributed by atoms with Gasteiger partial charge in [-0.25, -0.2) is 0 Å². The van der Waals surface area contributed by atoms with Crippen LogP contribution >= 0.6 is 11.8 Å². The molecule has 15 heavy (non-hydrogen) atoms. The fourth-order valence-corrected chi connectivity index (χ4v) is 2.84. The van der Waals surface area contributed by atoms with Crippen LogP contribution in [0.25, 0.3) is 0 Å². The van der Waals surface area contributed by atoms with E-state index in [1.165, 1.54) is 6.42 Å². The van der Waals surface area contributed by atoms with Gasteiger partial charge in [-0.05, 0) is 27.2 Å². The van der Waals surface area contributed by atoms with Gasteiger partial charge in [-0.3, -0.25) is 4.79 Å². The van der Waals surface area contributed by atoms with Gasteiger partial charge in [-0.15, -0.1) is 0 Å². The highest BCUT2D eigenvalue weighted by Gasteiger charge is 2.22. The third kappa shape index (κ3) is 5.42. The van der Waals surface area contributed by atoms with E-state index in [0.29, 0.717) is 12.6 Å². The first-order valence-electron chi connectivity index (χ1n) is 5.53. The van der Waals surface area contributed by atoms with Crippen molar-refractivity contribution in [3.63, 3.8) is 0 Å². The van der Waals surface area contributed by atoms with Gasteiger partial charge < -0.3 is 10.6 Å². The standard InChI is InChI=1S/C11H22N2OS/c1-8-5-9(7-15-8)12-6-10(14)13-11(2,3)4/h8-9,12H,5-7H2,1-4H3,(H,13,14). The van der Waals surface area contributed by atoms with Crippen LogP contribution < -0.4 is 10.6 Å². The van der Waals surface area contributed by atoms with Gasteiger partial charge in [0.25, 0.3) is 0 Å². The zero-order valence-corrected chi connectivity index (χ0v) is 10.9. The minimum absolute atomic E-state index is 0.0899. The minimum Gasteiger partial charge on any atom is -0.350 e. The smallest absolute Gasteiger partial charge is 0.234 e. The van der Waals surface area contributed by atoms with Crippen LogP contribution in [0.4, 0.5) is 0 Å². The van der Waals surface area contributed by atoms with Crippen LogP contribution in [0.2, 0.25) is 0 Å². The average molecular weight is 230 g/mol. The van der Waals surface area contributed by atoms with Crippen LogP contribution in [0.3, 0.4) is 0 Å². The first-order valence-corrected chi connectivity index (χ1v) is 6.58. The van der Waals surface area contributed by atoms with Crippen molar-refractivity contribution in [1.29, 1.82) is 0 Å². The van der Waals surface area contributed by atoms with Crippen molar-refractivity contribution in [2.75, 3.05) is 12.3 Å². The molecule has 0 aromatic carbocycles. The summed E-state index contributed by atoms with van der Waals surface area (Å²) in [5, 5.41) is 6.98. The summed E-state index contributed by atoms with van der Waals surface area (Å²) in [5.41, 5.74) is -0.128. The Morgan fingerprint density at radius 3 is 2.60 bits per heavy atom. The molecule has 2 atom stereocenters. The first-order chi connectivity index (χ1) is 6.87. The van der Waals surface area contributed by atoms with Gasteiger partial charge in [0.15, 0.2) is 0 Å². The molecule has 1 saturated heterocycles. The zero-order valence-electron chi connectivity index (χ0n) is 10.1. The van der Waals surface area contributed by atoms with Gasteiger partial charge in [0.05, 0.1) is 6.54 Å². The molecule has 1 amide bonds. The van der Waals surface area contributed by atoms with E-state index in [9.17, 15) is 4.79 Å². The molecule has 0 aromatic heterocycles. The maximum absolute atomic E-state index is 11.5. The lowest BCUT2D eigenvalue weighted by atomic mass is 10.1. The number of amides is 1. The Labute approximate surface area is 96.8 Å². The maximum Gasteiger partial charge on any atom is 0.234 e. The van der Waals surface area contributed by atoms with Crippen LogP contribution in [0.5, 0.6) is 0 Å². The summed E-state index contributed by atoms with van der Waals surface area (Å²) in [4.78, 5) is 11.5. The van der Waals surface area contributed by atoms with Gasteiger partial charge in [0.1, 0.15) is 0 Å². The molecule has 0 radical (unpaired) electrons. The van der Waals surface area contributed by atoms with Crippen molar-refractivity contribution in [2.45, 2.75) is 50.9 Å². The topological polar surface area (TPSA) is 41.1 Å². The molecule has 88 valence electrons. The van der Waals surface area contributed by atoms with E-state index in [1.54, 1.807) is 0 Å². The second-order valence-electron chi connectivity index (χ2n) is 5.26. The largest absolute Gasteiger partial charge is 0.350 e. The quantitative estimate of drug-likeness (QED) is 0.770. The molecular weight excluding hydrogens is 208 g/mol. The van der Waals surface area contributed by atoms with Crippen molar-refractivity contribution in [2.24, 2.45) is 0 Å². The molecular formula is C11H22N2OS. The predicted octanol–water partition coefficient (Wildman–Crippen LogP) is 1.38. The van der Waals surface area contributed by atoms with Gasteiger partial charge in [0.2, 0.25) is 5.91 Å². The maximum atomic E-state index is 11.5. The van der Waals surface area contributed by atoms with Crippen LogP contribution in [0.1, 0.15) is 34.1 Å². The van der Waals surface area contributed by atoms with Crippen LogP contribution in [0.15, 0.2) is 0 Å². The van der Waals surface area contributed by atoms with Crippen molar-refractivity contribution in [3.8, 4) is 0 Å². The zero-order chi connectivity index (χ0) is 11.5. The number of thioether (sulfide) groups is 1. The second kappa shape index (κ2) is 5.21. The Balaban J connectivity index is 2.17. The highest BCUT2D eigenvalue weighted by Crippen LogP contribution is 2.25. The number of carbonyl (C=O) groups excluding carboxylic acids is 1. The van der Waals surface area contributed by atoms with E-state index in [1.807, 2.05) is 32.5 Å². The predicted molar refractivity (Wildman–Crippen MR) is 66.2 cm³/mol. The van der Waals surface area contributed by atoms with E-state index >= 15 is 0 Å². The molecule has 1 fully saturated rings. The van der Waals surface area contributed by atoms with Crippen molar-refractivity contribution >= 4 is 17.7 Å². The Morgan fingerprint density at radius 1 is 1.47 bits per heavy atom. The second-order valence-corrected chi connectivity index (χ2v) is 6.73. The normalized spacial score (nSPS) is 26.7. The monoisotopic (exact) mass is 230 g/mol. The van der Waals surface area contributed by atoms with E-state index < -0.39 is 0 Å². The molecule has 1 aliphatic rings. The number of rotatable bonds is 3. The summed E-state index contributed by atoms with van der Waals surface area (Å²) in [6.07, 6.45) is 1.17. The molecule has 0 saturated carbocycles. The number of hydrogen-bond acceptors (Lipinski definition) is 3.